The Kier molecular flexibility index (Phi) is 3.69. The molecule has 1 aromatic heterocycles. The van der Waals surface area contributed by atoms with E-state index in [1.165, 1.54) is 6.20 Å². The summed E-state index contributed by atoms with van der Waals surface area (Å²) in [4.78, 5) is 18.6. The third-order valence-corrected chi connectivity index (χ3v) is 1.80. The molecule has 90 valence electrons. The molecule has 1 heterocycles. The standard InChI is InChI=1S/C12H15N3O2/c1-8-6-9(7-14-10(8)13-5)15-11(16)17-12(2,3)4/h6-7H,1-4H3,(H,15,16). The molecule has 1 N–H and O–H groups in total. The average molecular weight is 233 g/mol. The van der Waals surface area contributed by atoms with Crippen LogP contribution in [0, 0.1) is 13.5 Å². The normalized spacial score (nSPS) is 10.5. The molecule has 0 aliphatic rings. The van der Waals surface area contributed by atoms with Gasteiger partial charge in [-0.25, -0.2) is 4.79 Å². The van der Waals surface area contributed by atoms with Crippen molar-refractivity contribution in [2.24, 2.45) is 0 Å². The Bertz CT molecular complexity index is 470. The molecular weight excluding hydrogens is 218 g/mol. The third kappa shape index (κ3) is 4.11. The van der Waals surface area contributed by atoms with Crippen LogP contribution in [0.1, 0.15) is 26.3 Å². The largest absolute Gasteiger partial charge is 0.444 e. The maximum atomic E-state index is 11.5. The van der Waals surface area contributed by atoms with Gasteiger partial charge in [-0.05, 0) is 39.3 Å². The smallest absolute Gasteiger partial charge is 0.412 e. The summed E-state index contributed by atoms with van der Waals surface area (Å²) in [6.45, 7) is 14.0. The highest BCUT2D eigenvalue weighted by molar-refractivity contribution is 5.85. The highest BCUT2D eigenvalue weighted by Gasteiger charge is 2.16. The zero-order valence-electron chi connectivity index (χ0n) is 10.4. The van der Waals surface area contributed by atoms with Crippen LogP contribution < -0.4 is 5.32 Å². The molecule has 0 atom stereocenters. The van der Waals surface area contributed by atoms with Crippen molar-refractivity contribution in [3.05, 3.63) is 29.2 Å². The molecule has 0 unspecified atom stereocenters. The van der Waals surface area contributed by atoms with Gasteiger partial charge < -0.3 is 9.58 Å². The van der Waals surface area contributed by atoms with Crippen molar-refractivity contribution in [1.29, 1.82) is 0 Å². The summed E-state index contributed by atoms with van der Waals surface area (Å²) in [6, 6.07) is 1.68. The molecule has 5 nitrogen and oxygen atoms in total. The van der Waals surface area contributed by atoms with Crippen LogP contribution in [0.3, 0.4) is 0 Å². The minimum atomic E-state index is -0.539. The average Bonchev–Trinajstić information content (AvgIpc) is 2.14. The maximum Gasteiger partial charge on any atom is 0.412 e. The Balaban J connectivity index is 2.74. The van der Waals surface area contributed by atoms with E-state index in [2.05, 4.69) is 15.1 Å². The van der Waals surface area contributed by atoms with E-state index < -0.39 is 11.7 Å². The molecule has 0 radical (unpaired) electrons. The number of carbonyl (C=O) groups is 1. The summed E-state index contributed by atoms with van der Waals surface area (Å²) in [6.07, 6.45) is 0.902. The van der Waals surface area contributed by atoms with Gasteiger partial charge in [0.25, 0.3) is 5.82 Å². The Morgan fingerprint density at radius 2 is 2.18 bits per heavy atom. The minimum Gasteiger partial charge on any atom is -0.444 e. The monoisotopic (exact) mass is 233 g/mol. The lowest BCUT2D eigenvalue weighted by atomic mass is 10.2. The number of ether oxygens (including phenoxy) is 1. The lowest BCUT2D eigenvalue weighted by Gasteiger charge is -2.19. The Morgan fingerprint density at radius 1 is 1.53 bits per heavy atom. The van der Waals surface area contributed by atoms with E-state index in [0.29, 0.717) is 17.1 Å². The number of aryl methyl sites for hydroxylation is 1. The number of carbonyl (C=O) groups excluding carboxylic acids is 1. The van der Waals surface area contributed by atoms with Crippen LogP contribution in [0.25, 0.3) is 4.85 Å². The van der Waals surface area contributed by atoms with Crippen LogP contribution in [-0.2, 0) is 4.74 Å². The van der Waals surface area contributed by atoms with E-state index in [1.807, 2.05) is 0 Å². The number of anilines is 1. The molecule has 5 heteroatoms. The molecule has 0 aliphatic carbocycles. The number of hydrogen-bond acceptors (Lipinski definition) is 3. The van der Waals surface area contributed by atoms with Gasteiger partial charge >= 0.3 is 6.09 Å². The first-order valence-corrected chi connectivity index (χ1v) is 5.16. The summed E-state index contributed by atoms with van der Waals surface area (Å²) in [5, 5.41) is 2.56. The van der Waals surface area contributed by atoms with E-state index in [-0.39, 0.29) is 0 Å². The molecule has 0 fully saturated rings. The second-order valence-electron chi connectivity index (χ2n) is 4.60. The van der Waals surface area contributed by atoms with Gasteiger partial charge in [0.05, 0.1) is 5.69 Å². The van der Waals surface area contributed by atoms with Crippen molar-refractivity contribution in [3.8, 4) is 0 Å². The number of hydrogen-bond donors (Lipinski definition) is 1. The van der Waals surface area contributed by atoms with Crippen molar-refractivity contribution >= 4 is 17.6 Å². The molecule has 0 aliphatic heterocycles. The zero-order chi connectivity index (χ0) is 13.1. The van der Waals surface area contributed by atoms with Gasteiger partial charge in [0, 0.05) is 0 Å². The van der Waals surface area contributed by atoms with Crippen LogP contribution in [0.15, 0.2) is 12.3 Å². The predicted molar refractivity (Wildman–Crippen MR) is 65.1 cm³/mol. The van der Waals surface area contributed by atoms with Crippen molar-refractivity contribution < 1.29 is 9.53 Å². The summed E-state index contributed by atoms with van der Waals surface area (Å²) in [5.41, 5.74) is 0.695. The number of pyridine rings is 1. The fraction of sp³-hybridized carbons (Fsp3) is 0.417. The number of rotatable bonds is 1. The van der Waals surface area contributed by atoms with Gasteiger partial charge in [0.1, 0.15) is 11.8 Å². The third-order valence-electron chi connectivity index (χ3n) is 1.80. The molecule has 1 aromatic rings. The van der Waals surface area contributed by atoms with Crippen molar-refractivity contribution in [3.63, 3.8) is 0 Å². The second-order valence-corrected chi connectivity index (χ2v) is 4.60. The summed E-state index contributed by atoms with van der Waals surface area (Å²) in [5.74, 6) is 0.333. The molecule has 0 aromatic carbocycles. The summed E-state index contributed by atoms with van der Waals surface area (Å²) >= 11 is 0. The van der Waals surface area contributed by atoms with Crippen molar-refractivity contribution in [2.45, 2.75) is 33.3 Å². The fourth-order valence-electron chi connectivity index (χ4n) is 1.17. The Morgan fingerprint density at radius 3 is 2.65 bits per heavy atom. The number of aromatic nitrogens is 1. The molecule has 1 rings (SSSR count). The van der Waals surface area contributed by atoms with Crippen molar-refractivity contribution in [2.75, 3.05) is 5.32 Å². The Hall–Kier alpha value is -2.09. The van der Waals surface area contributed by atoms with Crippen molar-refractivity contribution in [1.82, 2.24) is 4.98 Å². The molecule has 1 amide bonds. The molecule has 0 saturated carbocycles. The lowest BCUT2D eigenvalue weighted by molar-refractivity contribution is 0.0636. The molecule has 0 spiro atoms. The highest BCUT2D eigenvalue weighted by atomic mass is 16.6. The quantitative estimate of drug-likeness (QED) is 0.757. The summed E-state index contributed by atoms with van der Waals surface area (Å²) in [7, 11) is 0. The number of nitrogens with zero attached hydrogens (tertiary/aromatic N) is 2. The molecule has 0 saturated heterocycles. The van der Waals surface area contributed by atoms with E-state index in [0.717, 1.165) is 0 Å². The first-order chi connectivity index (χ1) is 7.81. The predicted octanol–water partition coefficient (Wildman–Crippen LogP) is 3.29. The van der Waals surface area contributed by atoms with Gasteiger partial charge in [0.2, 0.25) is 0 Å². The first-order valence-electron chi connectivity index (χ1n) is 5.16. The van der Waals surface area contributed by atoms with Gasteiger partial charge in [-0.15, -0.1) is 4.98 Å². The highest BCUT2D eigenvalue weighted by Crippen LogP contribution is 2.19. The Labute approximate surface area is 101 Å². The van der Waals surface area contributed by atoms with Gasteiger partial charge in [0.15, 0.2) is 0 Å². The zero-order valence-corrected chi connectivity index (χ0v) is 10.4. The maximum absolute atomic E-state index is 11.5. The van der Waals surface area contributed by atoms with E-state index in [9.17, 15) is 4.79 Å². The van der Waals surface area contributed by atoms with Crippen LogP contribution in [0.5, 0.6) is 0 Å². The van der Waals surface area contributed by atoms with Crippen LogP contribution in [0.2, 0.25) is 0 Å². The first kappa shape index (κ1) is 13.0. The van der Waals surface area contributed by atoms with E-state index in [4.69, 9.17) is 11.3 Å². The molecule has 0 bridgehead atoms. The minimum absolute atomic E-state index is 0.333. The van der Waals surface area contributed by atoms with Crippen LogP contribution in [0.4, 0.5) is 16.3 Å². The van der Waals surface area contributed by atoms with Gasteiger partial charge in [-0.2, -0.15) is 0 Å². The molecule has 17 heavy (non-hydrogen) atoms. The summed E-state index contributed by atoms with van der Waals surface area (Å²) < 4.78 is 5.10. The van der Waals surface area contributed by atoms with E-state index in [1.54, 1.807) is 33.8 Å². The second kappa shape index (κ2) is 4.83. The topological polar surface area (TPSA) is 55.6 Å². The number of amides is 1. The van der Waals surface area contributed by atoms with Gasteiger partial charge in [-0.1, -0.05) is 6.57 Å². The van der Waals surface area contributed by atoms with Gasteiger partial charge in [-0.3, -0.25) is 5.32 Å². The lowest BCUT2D eigenvalue weighted by Crippen LogP contribution is -2.27. The van der Waals surface area contributed by atoms with Crippen LogP contribution >= 0.6 is 0 Å². The fourth-order valence-corrected chi connectivity index (χ4v) is 1.17. The van der Waals surface area contributed by atoms with Crippen LogP contribution in [-0.4, -0.2) is 16.7 Å². The SMILES string of the molecule is [C-]#[N+]c1ncc(NC(=O)OC(C)(C)C)cc1C. The number of nitrogens with one attached hydrogen (secondary N) is 1. The molecular formula is C12H15N3O2. The van der Waals surface area contributed by atoms with E-state index >= 15 is 0 Å².